The van der Waals surface area contributed by atoms with Crippen LogP contribution in [0.4, 0.5) is 11.5 Å². The number of hydrogen-bond acceptors (Lipinski definition) is 7. The Bertz CT molecular complexity index is 1480. The number of nitrogens with zero attached hydrogens (tertiary/aromatic N) is 5. The van der Waals surface area contributed by atoms with E-state index >= 15 is 0 Å². The number of benzene rings is 2. The van der Waals surface area contributed by atoms with Crippen molar-refractivity contribution in [1.29, 1.82) is 0 Å². The van der Waals surface area contributed by atoms with Crippen LogP contribution in [0.3, 0.4) is 0 Å². The third-order valence-electron chi connectivity index (χ3n) is 5.77. The average molecular weight is 532 g/mol. The number of aromatic nitrogens is 6. The molecule has 190 valence electrons. The van der Waals surface area contributed by atoms with Gasteiger partial charge in [0.25, 0.3) is 0 Å². The summed E-state index contributed by atoms with van der Waals surface area (Å²) in [7, 11) is 0. The molecule has 0 unspecified atom stereocenters. The molecule has 0 saturated carbocycles. The lowest BCUT2D eigenvalue weighted by atomic mass is 10.1. The van der Waals surface area contributed by atoms with Crippen LogP contribution < -0.4 is 16.0 Å². The molecule has 9 nitrogen and oxygen atoms in total. The topological polar surface area (TPSA) is 108 Å². The van der Waals surface area contributed by atoms with Crippen LogP contribution in [-0.2, 0) is 13.0 Å². The first-order valence-electron chi connectivity index (χ1n) is 12.3. The highest BCUT2D eigenvalue weighted by atomic mass is 32.2. The highest BCUT2D eigenvalue weighted by Gasteiger charge is 2.15. The van der Waals surface area contributed by atoms with Gasteiger partial charge in [0.2, 0.25) is 0 Å². The molecule has 0 atom stereocenters. The summed E-state index contributed by atoms with van der Waals surface area (Å²) in [5.41, 5.74) is 4.69. The van der Waals surface area contributed by atoms with E-state index in [1.807, 2.05) is 47.3 Å². The summed E-state index contributed by atoms with van der Waals surface area (Å²) in [6.07, 6.45) is 3.82. The van der Waals surface area contributed by atoms with Crippen LogP contribution in [0.25, 0.3) is 22.1 Å². The molecule has 0 radical (unpaired) electrons. The van der Waals surface area contributed by atoms with Crippen LogP contribution in [0, 0.1) is 0 Å². The van der Waals surface area contributed by atoms with Gasteiger partial charge in [-0.25, -0.2) is 14.6 Å². The number of rotatable bonds is 11. The molecule has 5 aromatic rings. The molecule has 0 saturated heterocycles. The molecule has 37 heavy (non-hydrogen) atoms. The van der Waals surface area contributed by atoms with Crippen molar-refractivity contribution in [2.24, 2.45) is 0 Å². The van der Waals surface area contributed by atoms with Crippen LogP contribution in [0.1, 0.15) is 18.9 Å². The summed E-state index contributed by atoms with van der Waals surface area (Å²) in [4.78, 5) is 12.7. The van der Waals surface area contributed by atoms with Gasteiger partial charge in [-0.2, -0.15) is 0 Å². The van der Waals surface area contributed by atoms with Crippen LogP contribution in [0.2, 0.25) is 0 Å². The molecular weight excluding hydrogens is 502 g/mol. The molecule has 3 heterocycles. The van der Waals surface area contributed by atoms with Crippen LogP contribution in [0.5, 0.6) is 0 Å². The Kier molecular flexibility index (Phi) is 8.11. The predicted octanol–water partition coefficient (Wildman–Crippen LogP) is 4.85. The van der Waals surface area contributed by atoms with Crippen molar-refractivity contribution in [2.75, 3.05) is 29.5 Å². The molecule has 4 N–H and O–H groups in total. The Hall–Kier alpha value is -3.70. The maximum absolute atomic E-state index is 5.49. The maximum atomic E-state index is 5.49. The molecule has 0 aliphatic heterocycles. The largest absolute Gasteiger partial charge is 0.366 e. The van der Waals surface area contributed by atoms with Crippen LogP contribution >= 0.6 is 24.0 Å². The Balaban J connectivity index is 1.22. The third-order valence-corrected chi connectivity index (χ3v) is 7.07. The van der Waals surface area contributed by atoms with E-state index in [-0.39, 0.29) is 0 Å². The molecule has 5 rings (SSSR count). The van der Waals surface area contributed by atoms with Gasteiger partial charge in [-0.1, -0.05) is 72.4 Å². The number of anilines is 2. The number of fused-ring (bicyclic) bond motifs is 2. The van der Waals surface area contributed by atoms with E-state index < -0.39 is 0 Å². The fourth-order valence-electron chi connectivity index (χ4n) is 3.95. The smallest absolute Gasteiger partial charge is 0.191 e. The Labute approximate surface area is 224 Å². The second kappa shape index (κ2) is 12.0. The van der Waals surface area contributed by atoms with E-state index in [0.29, 0.717) is 36.1 Å². The van der Waals surface area contributed by atoms with Gasteiger partial charge in [0.1, 0.15) is 0 Å². The number of thioether (sulfide) groups is 1. The molecule has 0 aliphatic carbocycles. The van der Waals surface area contributed by atoms with Crippen molar-refractivity contribution >= 4 is 62.7 Å². The molecule has 2 aromatic carbocycles. The number of aryl methyl sites for hydroxylation is 2. The van der Waals surface area contributed by atoms with Gasteiger partial charge in [-0.05, 0) is 36.7 Å². The zero-order chi connectivity index (χ0) is 25.5. The second-order valence-corrected chi connectivity index (χ2v) is 9.95. The minimum absolute atomic E-state index is 0.561. The van der Waals surface area contributed by atoms with E-state index in [2.05, 4.69) is 56.4 Å². The van der Waals surface area contributed by atoms with Crippen molar-refractivity contribution in [2.45, 2.75) is 31.5 Å². The van der Waals surface area contributed by atoms with E-state index in [9.17, 15) is 0 Å². The van der Waals surface area contributed by atoms with Crippen LogP contribution in [-0.4, -0.2) is 53.9 Å². The van der Waals surface area contributed by atoms with Gasteiger partial charge in [0.15, 0.2) is 27.3 Å². The molecule has 0 amide bonds. The number of para-hydroxylation sites is 1. The summed E-state index contributed by atoms with van der Waals surface area (Å²) < 4.78 is 1.86. The summed E-state index contributed by atoms with van der Waals surface area (Å²) in [5.74, 6) is 1.64. The zero-order valence-electron chi connectivity index (χ0n) is 20.6. The minimum atomic E-state index is 0.561. The van der Waals surface area contributed by atoms with Crippen molar-refractivity contribution in [3.8, 4) is 0 Å². The van der Waals surface area contributed by atoms with E-state index in [0.717, 1.165) is 46.0 Å². The lowest BCUT2D eigenvalue weighted by Crippen LogP contribution is -2.32. The van der Waals surface area contributed by atoms with Gasteiger partial charge < -0.3 is 20.9 Å². The second-order valence-electron chi connectivity index (χ2n) is 8.48. The summed E-state index contributed by atoms with van der Waals surface area (Å²) >= 11 is 7.14. The van der Waals surface area contributed by atoms with E-state index in [1.165, 1.54) is 5.56 Å². The Morgan fingerprint density at radius 2 is 1.89 bits per heavy atom. The van der Waals surface area contributed by atoms with Gasteiger partial charge in [0, 0.05) is 42.5 Å². The van der Waals surface area contributed by atoms with E-state index in [1.54, 1.807) is 11.8 Å². The van der Waals surface area contributed by atoms with Crippen molar-refractivity contribution in [3.05, 3.63) is 66.4 Å². The number of aromatic amines is 1. The van der Waals surface area contributed by atoms with Crippen molar-refractivity contribution < 1.29 is 0 Å². The van der Waals surface area contributed by atoms with Gasteiger partial charge in [0.05, 0.1) is 5.69 Å². The average Bonchev–Trinajstić information content (AvgIpc) is 3.53. The van der Waals surface area contributed by atoms with Crippen LogP contribution in [0.15, 0.2) is 66.0 Å². The lowest BCUT2D eigenvalue weighted by molar-refractivity contribution is 0.600. The first-order valence-corrected chi connectivity index (χ1v) is 13.7. The highest BCUT2D eigenvalue weighted by Crippen LogP contribution is 2.24. The summed E-state index contributed by atoms with van der Waals surface area (Å²) in [6, 6.07) is 18.5. The maximum Gasteiger partial charge on any atom is 0.191 e. The predicted molar refractivity (Wildman–Crippen MR) is 155 cm³/mol. The SMILES string of the molecule is CCCSc1nc(NCCNC(=S)Nc2c[nH]c3ccccc23)c2nnn(CCc3ccccc3)c2n1. The normalized spacial score (nSPS) is 11.2. The number of nitrogens with one attached hydrogen (secondary N) is 4. The van der Waals surface area contributed by atoms with E-state index in [4.69, 9.17) is 22.2 Å². The molecule has 11 heteroatoms. The fraction of sp³-hybridized carbons (Fsp3) is 0.269. The Morgan fingerprint density at radius 3 is 2.76 bits per heavy atom. The monoisotopic (exact) mass is 531 g/mol. The first kappa shape index (κ1) is 25.0. The van der Waals surface area contributed by atoms with Crippen molar-refractivity contribution in [3.63, 3.8) is 0 Å². The molecule has 0 spiro atoms. The standard InChI is InChI=1S/C26H29N9S2/c1-2-16-37-26-31-23(22-24(32-26)35(34-33-22)15-12-18-8-4-3-5-9-18)27-13-14-28-25(36)30-21-17-29-20-11-7-6-10-19(20)21/h3-11,17,29H,2,12-16H2,1H3,(H,27,31,32)(H2,28,30,36). The molecular formula is C26H29N9S2. The first-order chi connectivity index (χ1) is 18.2. The van der Waals surface area contributed by atoms with Gasteiger partial charge in [-0.3, -0.25) is 0 Å². The number of hydrogen-bond donors (Lipinski definition) is 4. The molecule has 0 bridgehead atoms. The third kappa shape index (κ3) is 6.17. The Morgan fingerprint density at radius 1 is 1.05 bits per heavy atom. The molecule has 3 aromatic heterocycles. The molecule has 0 aliphatic rings. The minimum Gasteiger partial charge on any atom is -0.366 e. The lowest BCUT2D eigenvalue weighted by Gasteiger charge is -2.11. The van der Waals surface area contributed by atoms with Crippen molar-refractivity contribution in [1.82, 2.24) is 35.3 Å². The quantitative estimate of drug-likeness (QED) is 0.0823. The summed E-state index contributed by atoms with van der Waals surface area (Å²) in [5, 5.41) is 21.1. The number of thiocarbonyl (C=S) groups is 1. The van der Waals surface area contributed by atoms with Gasteiger partial charge >= 0.3 is 0 Å². The zero-order valence-corrected chi connectivity index (χ0v) is 22.2. The summed E-state index contributed by atoms with van der Waals surface area (Å²) in [6.45, 7) is 4.06. The highest BCUT2D eigenvalue weighted by molar-refractivity contribution is 7.99. The number of H-pyrrole nitrogens is 1. The fourth-order valence-corrected chi connectivity index (χ4v) is 4.85. The molecule has 0 fully saturated rings. The van der Waals surface area contributed by atoms with Gasteiger partial charge in [-0.15, -0.1) is 5.10 Å².